The Morgan fingerprint density at radius 2 is 1.72 bits per heavy atom. The minimum absolute atomic E-state index is 0.0313. The van der Waals surface area contributed by atoms with E-state index in [9.17, 15) is 19.2 Å². The number of hydrogen-bond donors (Lipinski definition) is 2. The highest BCUT2D eigenvalue weighted by Crippen LogP contribution is 2.31. The summed E-state index contributed by atoms with van der Waals surface area (Å²) in [5.74, 6) is -2.82. The average molecular weight is 416 g/mol. The van der Waals surface area contributed by atoms with Crippen LogP contribution in [0.3, 0.4) is 0 Å². The molecule has 1 atom stereocenters. The molecule has 1 heterocycles. The van der Waals surface area contributed by atoms with E-state index in [0.717, 1.165) is 0 Å². The van der Waals surface area contributed by atoms with E-state index in [1.165, 1.54) is 4.90 Å². The summed E-state index contributed by atoms with van der Waals surface area (Å²) in [5.41, 5.74) is 5.29. The third-order valence-corrected chi connectivity index (χ3v) is 4.62. The van der Waals surface area contributed by atoms with Crippen LogP contribution in [0.4, 0.5) is 5.69 Å². The standard InChI is InChI=1S/C20H18ClN3O5/c21-15-8-4-5-9-16(15)24-11-14(10-18(24)26)20(28)29-12-17(25)22-23-19(27)13-6-2-1-3-7-13/h1-9,14H,10-12H2,(H,22,25)(H,23,27)/t14-/m1/s1. The first kappa shape index (κ1) is 20.3. The van der Waals surface area contributed by atoms with E-state index in [1.54, 1.807) is 54.6 Å². The van der Waals surface area contributed by atoms with Gasteiger partial charge in [0.05, 0.1) is 16.6 Å². The second kappa shape index (κ2) is 9.20. The first-order valence-electron chi connectivity index (χ1n) is 8.81. The number of nitrogens with zero attached hydrogens (tertiary/aromatic N) is 1. The zero-order valence-corrected chi connectivity index (χ0v) is 16.0. The van der Waals surface area contributed by atoms with Crippen LogP contribution in [0.15, 0.2) is 54.6 Å². The third-order valence-electron chi connectivity index (χ3n) is 4.30. The van der Waals surface area contributed by atoms with Gasteiger partial charge < -0.3 is 9.64 Å². The topological polar surface area (TPSA) is 105 Å². The monoisotopic (exact) mass is 415 g/mol. The molecule has 0 bridgehead atoms. The van der Waals surface area contributed by atoms with Crippen LogP contribution in [0, 0.1) is 5.92 Å². The maximum absolute atomic E-state index is 12.2. The fraction of sp³-hybridized carbons (Fsp3) is 0.200. The van der Waals surface area contributed by atoms with Crippen molar-refractivity contribution in [1.82, 2.24) is 10.9 Å². The van der Waals surface area contributed by atoms with Crippen LogP contribution in [0.1, 0.15) is 16.8 Å². The summed E-state index contributed by atoms with van der Waals surface area (Å²) >= 11 is 6.11. The molecule has 2 N–H and O–H groups in total. The highest BCUT2D eigenvalue weighted by atomic mass is 35.5. The lowest BCUT2D eigenvalue weighted by Crippen LogP contribution is -2.43. The van der Waals surface area contributed by atoms with E-state index in [1.807, 2.05) is 0 Å². The number of hydrazine groups is 1. The van der Waals surface area contributed by atoms with Crippen molar-refractivity contribution in [3.63, 3.8) is 0 Å². The zero-order valence-electron chi connectivity index (χ0n) is 15.3. The van der Waals surface area contributed by atoms with Crippen LogP contribution in [0.25, 0.3) is 0 Å². The van der Waals surface area contributed by atoms with Crippen molar-refractivity contribution >= 4 is 41.0 Å². The molecule has 1 aliphatic rings. The van der Waals surface area contributed by atoms with Gasteiger partial charge in [0, 0.05) is 18.5 Å². The van der Waals surface area contributed by atoms with Gasteiger partial charge in [-0.15, -0.1) is 0 Å². The Morgan fingerprint density at radius 1 is 1.03 bits per heavy atom. The Hall–Kier alpha value is -3.39. The molecule has 0 radical (unpaired) electrons. The molecular formula is C20H18ClN3O5. The highest BCUT2D eigenvalue weighted by molar-refractivity contribution is 6.33. The van der Waals surface area contributed by atoms with Gasteiger partial charge >= 0.3 is 5.97 Å². The molecule has 0 spiro atoms. The Labute approximate surface area is 171 Å². The van der Waals surface area contributed by atoms with Crippen LogP contribution < -0.4 is 15.8 Å². The first-order valence-corrected chi connectivity index (χ1v) is 9.19. The Bertz CT molecular complexity index is 935. The molecule has 2 aromatic carbocycles. The SMILES string of the molecule is O=C(COC(=O)[C@@H]1CC(=O)N(c2ccccc2Cl)C1)NNC(=O)c1ccccc1. The number of halogens is 1. The summed E-state index contributed by atoms with van der Waals surface area (Å²) in [4.78, 5) is 49.5. The maximum atomic E-state index is 12.2. The van der Waals surface area contributed by atoms with E-state index in [2.05, 4.69) is 10.9 Å². The van der Waals surface area contributed by atoms with Crippen LogP contribution in [-0.4, -0.2) is 36.8 Å². The molecule has 3 rings (SSSR count). The number of rotatable bonds is 5. The Morgan fingerprint density at radius 3 is 2.45 bits per heavy atom. The number of nitrogens with one attached hydrogen (secondary N) is 2. The quantitative estimate of drug-likeness (QED) is 0.571. The molecule has 3 amide bonds. The van der Waals surface area contributed by atoms with Gasteiger partial charge in [-0.2, -0.15) is 0 Å². The molecule has 8 nitrogen and oxygen atoms in total. The van der Waals surface area contributed by atoms with Crippen molar-refractivity contribution in [2.24, 2.45) is 5.92 Å². The van der Waals surface area contributed by atoms with Crippen LogP contribution in [-0.2, 0) is 19.1 Å². The molecule has 1 saturated heterocycles. The van der Waals surface area contributed by atoms with Crippen molar-refractivity contribution in [2.75, 3.05) is 18.1 Å². The van der Waals surface area contributed by atoms with E-state index in [4.69, 9.17) is 16.3 Å². The van der Waals surface area contributed by atoms with E-state index >= 15 is 0 Å². The largest absolute Gasteiger partial charge is 0.455 e. The number of ether oxygens (including phenoxy) is 1. The van der Waals surface area contributed by atoms with E-state index in [-0.39, 0.29) is 18.9 Å². The Balaban J connectivity index is 1.46. The average Bonchev–Trinajstić information content (AvgIpc) is 3.12. The number of carbonyl (C=O) groups excluding carboxylic acids is 4. The van der Waals surface area contributed by atoms with E-state index in [0.29, 0.717) is 16.3 Å². The molecule has 2 aromatic rings. The molecule has 0 aromatic heterocycles. The number of amides is 3. The molecule has 0 unspecified atom stereocenters. The molecule has 1 fully saturated rings. The highest BCUT2D eigenvalue weighted by Gasteiger charge is 2.37. The molecular weight excluding hydrogens is 398 g/mol. The number of anilines is 1. The number of benzene rings is 2. The van der Waals surface area contributed by atoms with Crippen molar-refractivity contribution in [3.8, 4) is 0 Å². The number of carbonyl (C=O) groups is 4. The lowest BCUT2D eigenvalue weighted by molar-refractivity contribution is -0.152. The van der Waals surface area contributed by atoms with Gasteiger partial charge in [0.2, 0.25) is 5.91 Å². The second-order valence-corrected chi connectivity index (χ2v) is 6.74. The summed E-state index contributed by atoms with van der Waals surface area (Å²) in [7, 11) is 0. The summed E-state index contributed by atoms with van der Waals surface area (Å²) in [6.45, 7) is -0.460. The van der Waals surface area contributed by atoms with Gasteiger partial charge in [-0.3, -0.25) is 30.0 Å². The minimum atomic E-state index is -0.703. The lowest BCUT2D eigenvalue weighted by atomic mass is 10.1. The number of esters is 1. The number of hydrogen-bond acceptors (Lipinski definition) is 5. The molecule has 0 aliphatic carbocycles. The molecule has 9 heteroatoms. The van der Waals surface area contributed by atoms with Crippen molar-refractivity contribution in [2.45, 2.75) is 6.42 Å². The van der Waals surface area contributed by atoms with Gasteiger partial charge in [-0.1, -0.05) is 41.9 Å². The predicted molar refractivity (Wildman–Crippen MR) is 105 cm³/mol. The van der Waals surface area contributed by atoms with Crippen LogP contribution in [0.2, 0.25) is 5.02 Å². The maximum Gasteiger partial charge on any atom is 0.311 e. The van der Waals surface area contributed by atoms with Crippen LogP contribution >= 0.6 is 11.6 Å². The fourth-order valence-electron chi connectivity index (χ4n) is 2.85. The van der Waals surface area contributed by atoms with Crippen molar-refractivity contribution in [3.05, 3.63) is 65.2 Å². The molecule has 0 saturated carbocycles. The summed E-state index contributed by atoms with van der Waals surface area (Å²) < 4.78 is 4.97. The zero-order chi connectivity index (χ0) is 20.8. The smallest absolute Gasteiger partial charge is 0.311 e. The van der Waals surface area contributed by atoms with Gasteiger partial charge in [-0.25, -0.2) is 0 Å². The van der Waals surface area contributed by atoms with Gasteiger partial charge in [0.1, 0.15) is 0 Å². The van der Waals surface area contributed by atoms with Crippen LogP contribution in [0.5, 0.6) is 0 Å². The third kappa shape index (κ3) is 5.11. The summed E-state index contributed by atoms with van der Waals surface area (Å²) in [6, 6.07) is 15.1. The predicted octanol–water partition coefficient (Wildman–Crippen LogP) is 1.70. The first-order chi connectivity index (χ1) is 14.0. The summed E-state index contributed by atoms with van der Waals surface area (Å²) in [6.07, 6.45) is -0.0313. The molecule has 150 valence electrons. The molecule has 1 aliphatic heterocycles. The number of para-hydroxylation sites is 1. The summed E-state index contributed by atoms with van der Waals surface area (Å²) in [5, 5.41) is 0.406. The lowest BCUT2D eigenvalue weighted by Gasteiger charge is -2.17. The van der Waals surface area contributed by atoms with E-state index < -0.39 is 30.3 Å². The van der Waals surface area contributed by atoms with Gasteiger partial charge in [0.25, 0.3) is 11.8 Å². The van der Waals surface area contributed by atoms with Crippen molar-refractivity contribution < 1.29 is 23.9 Å². The van der Waals surface area contributed by atoms with Gasteiger partial charge in [0.15, 0.2) is 6.61 Å². The fourth-order valence-corrected chi connectivity index (χ4v) is 3.09. The normalized spacial score (nSPS) is 15.7. The van der Waals surface area contributed by atoms with Gasteiger partial charge in [-0.05, 0) is 24.3 Å². The molecule has 29 heavy (non-hydrogen) atoms. The van der Waals surface area contributed by atoms with Crippen molar-refractivity contribution in [1.29, 1.82) is 0 Å². The minimum Gasteiger partial charge on any atom is -0.455 e. The second-order valence-electron chi connectivity index (χ2n) is 6.33. The Kier molecular flexibility index (Phi) is 6.46.